The number of sulfonamides is 1. The topological polar surface area (TPSA) is 106 Å². The molecule has 0 saturated heterocycles. The number of nitrogens with two attached hydrogens (primary N) is 1. The molecular weight excluding hydrogens is 261 g/mol. The molecular formula is C10H10FN3O3S. The van der Waals surface area contributed by atoms with Crippen molar-refractivity contribution in [2.75, 3.05) is 5.75 Å². The average Bonchev–Trinajstić information content (AvgIpc) is 2.28. The van der Waals surface area contributed by atoms with Crippen molar-refractivity contribution < 1.29 is 18.0 Å². The molecule has 0 aliphatic heterocycles. The first-order valence-electron chi connectivity index (χ1n) is 4.76. The minimum Gasteiger partial charge on any atom is -0.411 e. The van der Waals surface area contributed by atoms with E-state index in [-0.39, 0.29) is 23.6 Å². The maximum absolute atomic E-state index is 13.1. The van der Waals surface area contributed by atoms with Gasteiger partial charge in [-0.25, -0.2) is 22.9 Å². The number of oxime groups is 1. The molecule has 0 unspecified atom stereocenters. The second-order valence-corrected chi connectivity index (χ2v) is 4.96. The zero-order valence-electron chi connectivity index (χ0n) is 9.17. The van der Waals surface area contributed by atoms with Gasteiger partial charge in [0.1, 0.15) is 11.4 Å². The third-order valence-corrected chi connectivity index (χ3v) is 2.55. The van der Waals surface area contributed by atoms with E-state index in [1.165, 1.54) is 6.07 Å². The largest absolute Gasteiger partial charge is 0.411 e. The number of hydrogen-bond acceptors (Lipinski definition) is 5. The predicted octanol–water partition coefficient (Wildman–Crippen LogP) is 0.0589. The Kier molecular flexibility index (Phi) is 4.76. The molecule has 1 aromatic rings. The van der Waals surface area contributed by atoms with Crippen LogP contribution in [0.5, 0.6) is 0 Å². The maximum atomic E-state index is 13.1. The van der Waals surface area contributed by atoms with Gasteiger partial charge >= 0.3 is 0 Å². The van der Waals surface area contributed by atoms with Crippen molar-refractivity contribution in [3.05, 3.63) is 29.3 Å². The molecule has 1 heterocycles. The summed E-state index contributed by atoms with van der Waals surface area (Å²) >= 11 is 0. The highest BCUT2D eigenvalue weighted by molar-refractivity contribution is 7.89. The molecule has 8 heteroatoms. The number of pyridine rings is 1. The van der Waals surface area contributed by atoms with Crippen molar-refractivity contribution in [2.45, 2.75) is 6.42 Å². The van der Waals surface area contributed by atoms with Crippen molar-refractivity contribution in [3.8, 4) is 11.8 Å². The average molecular weight is 271 g/mol. The highest BCUT2D eigenvalue weighted by Crippen LogP contribution is 2.03. The Balaban J connectivity index is 2.80. The number of primary sulfonamides is 1. The molecule has 6 nitrogen and oxygen atoms in total. The van der Waals surface area contributed by atoms with E-state index in [9.17, 15) is 12.8 Å². The van der Waals surface area contributed by atoms with Crippen molar-refractivity contribution in [1.29, 1.82) is 0 Å². The van der Waals surface area contributed by atoms with E-state index in [1.54, 1.807) is 0 Å². The number of hydrogen-bond donors (Lipinski definition) is 2. The molecule has 0 bridgehead atoms. The van der Waals surface area contributed by atoms with Crippen LogP contribution < -0.4 is 5.14 Å². The number of rotatable bonds is 3. The van der Waals surface area contributed by atoms with Crippen LogP contribution >= 0.6 is 0 Å². The number of halogens is 1. The monoisotopic (exact) mass is 271 g/mol. The van der Waals surface area contributed by atoms with Gasteiger partial charge in [-0.05, 0) is 18.1 Å². The molecule has 0 spiro atoms. The van der Waals surface area contributed by atoms with Crippen LogP contribution in [-0.2, 0) is 10.0 Å². The molecule has 0 fully saturated rings. The van der Waals surface area contributed by atoms with E-state index < -0.39 is 15.8 Å². The minimum atomic E-state index is -3.54. The zero-order valence-corrected chi connectivity index (χ0v) is 9.98. The smallest absolute Gasteiger partial charge is 0.210 e. The molecule has 0 saturated carbocycles. The van der Waals surface area contributed by atoms with E-state index in [2.05, 4.69) is 22.0 Å². The molecule has 1 aromatic heterocycles. The van der Waals surface area contributed by atoms with Gasteiger partial charge in [0.25, 0.3) is 0 Å². The third-order valence-electron chi connectivity index (χ3n) is 1.78. The lowest BCUT2D eigenvalue weighted by Crippen LogP contribution is -2.15. The Labute approximate surface area is 103 Å². The van der Waals surface area contributed by atoms with Crippen molar-refractivity contribution in [3.63, 3.8) is 0 Å². The number of aromatic nitrogens is 1. The molecule has 18 heavy (non-hydrogen) atoms. The standard InChI is InChI=1S/C10H10FN3O3S/c11-9-5-4-8(14-10(9)7-13-15)3-1-2-6-18(12,16)17/h4-5,7,15H,2,6H2,(H2,12,16,17)/b13-7-. The summed E-state index contributed by atoms with van der Waals surface area (Å²) in [5, 5.41) is 15.7. The molecule has 1 rings (SSSR count). The van der Waals surface area contributed by atoms with Gasteiger partial charge in [-0.1, -0.05) is 11.1 Å². The molecule has 0 aliphatic carbocycles. The van der Waals surface area contributed by atoms with Crippen molar-refractivity contribution in [1.82, 2.24) is 4.98 Å². The van der Waals surface area contributed by atoms with Gasteiger partial charge in [0.05, 0.1) is 12.0 Å². The maximum Gasteiger partial charge on any atom is 0.210 e. The summed E-state index contributed by atoms with van der Waals surface area (Å²) in [5.41, 5.74) is 0.0801. The first-order chi connectivity index (χ1) is 8.42. The van der Waals surface area contributed by atoms with Gasteiger partial charge in [-0.15, -0.1) is 0 Å². The molecule has 96 valence electrons. The van der Waals surface area contributed by atoms with Crippen LogP contribution in [0.15, 0.2) is 17.3 Å². The Hall–Kier alpha value is -1.98. The molecule has 0 aliphatic rings. The summed E-state index contributed by atoms with van der Waals surface area (Å²) in [6.07, 6.45) is 0.895. The van der Waals surface area contributed by atoms with E-state index >= 15 is 0 Å². The van der Waals surface area contributed by atoms with Gasteiger partial charge in [0, 0.05) is 6.42 Å². The Morgan fingerprint density at radius 2 is 2.28 bits per heavy atom. The van der Waals surface area contributed by atoms with Crippen LogP contribution in [0.4, 0.5) is 4.39 Å². The SMILES string of the molecule is NS(=O)(=O)CCC#Cc1ccc(F)c(/C=N\O)n1. The van der Waals surface area contributed by atoms with Crippen LogP contribution in [0.3, 0.4) is 0 Å². The van der Waals surface area contributed by atoms with Crippen molar-refractivity contribution in [2.24, 2.45) is 10.3 Å². The second kappa shape index (κ2) is 6.09. The molecule has 0 amide bonds. The van der Waals surface area contributed by atoms with E-state index in [4.69, 9.17) is 10.3 Å². The van der Waals surface area contributed by atoms with Gasteiger partial charge < -0.3 is 5.21 Å². The highest BCUT2D eigenvalue weighted by Gasteiger charge is 2.02. The fourth-order valence-electron chi connectivity index (χ4n) is 1.02. The lowest BCUT2D eigenvalue weighted by molar-refractivity contribution is 0.321. The third kappa shape index (κ3) is 4.90. The minimum absolute atomic E-state index is 0.0569. The van der Waals surface area contributed by atoms with Crippen LogP contribution in [0.1, 0.15) is 17.8 Å². The number of nitrogens with zero attached hydrogens (tertiary/aromatic N) is 2. The summed E-state index contributed by atoms with van der Waals surface area (Å²) in [6, 6.07) is 2.45. The summed E-state index contributed by atoms with van der Waals surface area (Å²) in [5.74, 6) is 4.19. The highest BCUT2D eigenvalue weighted by atomic mass is 32.2. The normalized spacial score (nSPS) is 11.2. The Morgan fingerprint density at radius 1 is 1.56 bits per heavy atom. The van der Waals surface area contributed by atoms with E-state index in [0.29, 0.717) is 0 Å². The first kappa shape index (κ1) is 14.1. The lowest BCUT2D eigenvalue weighted by atomic mass is 10.3. The Morgan fingerprint density at radius 3 is 2.89 bits per heavy atom. The van der Waals surface area contributed by atoms with Gasteiger partial charge in [0.2, 0.25) is 10.0 Å². The van der Waals surface area contributed by atoms with Gasteiger partial charge in [-0.2, -0.15) is 0 Å². The zero-order chi connectivity index (χ0) is 13.6. The fraction of sp³-hybridized carbons (Fsp3) is 0.200. The van der Waals surface area contributed by atoms with E-state index in [0.717, 1.165) is 12.3 Å². The van der Waals surface area contributed by atoms with Gasteiger partial charge in [-0.3, -0.25) is 0 Å². The summed E-state index contributed by atoms with van der Waals surface area (Å²) in [7, 11) is -3.54. The summed E-state index contributed by atoms with van der Waals surface area (Å²) in [6.45, 7) is 0. The second-order valence-electron chi connectivity index (χ2n) is 3.23. The quantitative estimate of drug-likeness (QED) is 0.351. The van der Waals surface area contributed by atoms with E-state index in [1.807, 2.05) is 0 Å². The van der Waals surface area contributed by atoms with Crippen LogP contribution in [0.2, 0.25) is 0 Å². The Bertz CT molecular complexity index is 617. The van der Waals surface area contributed by atoms with Crippen LogP contribution in [-0.4, -0.2) is 30.6 Å². The molecule has 0 atom stereocenters. The summed E-state index contributed by atoms with van der Waals surface area (Å²) in [4.78, 5) is 3.76. The molecule has 0 radical (unpaired) electrons. The molecule has 0 aromatic carbocycles. The summed E-state index contributed by atoms with van der Waals surface area (Å²) < 4.78 is 34.3. The van der Waals surface area contributed by atoms with Crippen LogP contribution in [0, 0.1) is 17.7 Å². The van der Waals surface area contributed by atoms with Crippen molar-refractivity contribution >= 4 is 16.2 Å². The first-order valence-corrected chi connectivity index (χ1v) is 6.47. The molecule has 3 N–H and O–H groups in total. The predicted molar refractivity (Wildman–Crippen MR) is 63.0 cm³/mol. The lowest BCUT2D eigenvalue weighted by Gasteiger charge is -1.95. The van der Waals surface area contributed by atoms with Crippen LogP contribution in [0.25, 0.3) is 0 Å². The fourth-order valence-corrected chi connectivity index (χ4v) is 1.41. The van der Waals surface area contributed by atoms with Gasteiger partial charge in [0.15, 0.2) is 5.82 Å².